The Bertz CT molecular complexity index is 867. The molecule has 1 amide bonds. The first-order valence-corrected chi connectivity index (χ1v) is 8.44. The van der Waals surface area contributed by atoms with Crippen molar-refractivity contribution in [3.8, 4) is 5.75 Å². The third-order valence-corrected chi connectivity index (χ3v) is 4.34. The van der Waals surface area contributed by atoms with E-state index < -0.39 is 6.61 Å². The molecule has 1 N–H and O–H groups in total. The zero-order valence-electron chi connectivity index (χ0n) is 12.1. The van der Waals surface area contributed by atoms with Gasteiger partial charge in [0, 0.05) is 19.2 Å². The Morgan fingerprint density at radius 1 is 1.46 bits per heavy atom. The highest BCUT2D eigenvalue weighted by molar-refractivity contribution is 9.10. The van der Waals surface area contributed by atoms with Gasteiger partial charge in [-0.3, -0.25) is 9.48 Å². The molecular weight excluding hydrogens is 406 g/mol. The lowest BCUT2D eigenvalue weighted by molar-refractivity contribution is -0.116. The van der Waals surface area contributed by atoms with E-state index in [0.29, 0.717) is 21.9 Å². The highest BCUT2D eigenvalue weighted by Gasteiger charge is 2.11. The van der Waals surface area contributed by atoms with E-state index in [1.54, 1.807) is 23.1 Å². The average Bonchev–Trinajstić information content (AvgIpc) is 3.09. The van der Waals surface area contributed by atoms with Gasteiger partial charge in [-0.2, -0.15) is 13.9 Å². The van der Waals surface area contributed by atoms with Crippen LogP contribution in [0.15, 0.2) is 35.1 Å². The van der Waals surface area contributed by atoms with Crippen molar-refractivity contribution in [2.24, 2.45) is 0 Å². The molecule has 0 atom stereocenters. The number of amides is 1. The number of benzene rings is 1. The topological polar surface area (TPSA) is 69.0 Å². The van der Waals surface area contributed by atoms with Crippen LogP contribution in [-0.2, 0) is 11.3 Å². The Morgan fingerprint density at radius 2 is 2.29 bits per heavy atom. The van der Waals surface area contributed by atoms with E-state index in [2.05, 4.69) is 36.1 Å². The molecule has 24 heavy (non-hydrogen) atoms. The molecule has 0 spiro atoms. The normalized spacial score (nSPS) is 11.2. The number of carbonyl (C=O) groups is 1. The van der Waals surface area contributed by atoms with Crippen LogP contribution in [0.5, 0.6) is 5.75 Å². The zero-order valence-corrected chi connectivity index (χ0v) is 14.5. The zero-order chi connectivity index (χ0) is 17.1. The largest absolute Gasteiger partial charge is 0.435 e. The maximum absolute atomic E-state index is 12.2. The minimum Gasteiger partial charge on any atom is -0.435 e. The van der Waals surface area contributed by atoms with E-state index in [1.807, 2.05) is 0 Å². The molecule has 3 rings (SSSR count). The van der Waals surface area contributed by atoms with Crippen LogP contribution in [0.4, 0.5) is 13.9 Å². The van der Waals surface area contributed by atoms with Gasteiger partial charge < -0.3 is 10.1 Å². The summed E-state index contributed by atoms with van der Waals surface area (Å²) in [6.07, 6.45) is 3.66. The van der Waals surface area contributed by atoms with Crippen LogP contribution in [0, 0.1) is 0 Å². The second-order valence-corrected chi connectivity index (χ2v) is 6.69. The molecule has 2 aromatic heterocycles. The fourth-order valence-corrected chi connectivity index (χ4v) is 3.23. The Labute approximate surface area is 147 Å². The number of alkyl halides is 2. The Morgan fingerprint density at radius 3 is 3.00 bits per heavy atom. The third kappa shape index (κ3) is 4.26. The summed E-state index contributed by atoms with van der Waals surface area (Å²) >= 11 is 4.48. The smallest absolute Gasteiger partial charge is 0.387 e. The molecule has 3 aromatic rings. The van der Waals surface area contributed by atoms with Crippen molar-refractivity contribution in [2.75, 3.05) is 5.32 Å². The quantitative estimate of drug-likeness (QED) is 0.661. The number of halogens is 3. The number of carbonyl (C=O) groups excluding carboxylic acids is 1. The second-order valence-electron chi connectivity index (χ2n) is 4.75. The molecule has 1 aromatic carbocycles. The lowest BCUT2D eigenvalue weighted by Crippen LogP contribution is -2.14. The molecular formula is C14H11BrF2N4O2S. The van der Waals surface area contributed by atoms with Gasteiger partial charge in [-0.05, 0) is 34.1 Å². The monoisotopic (exact) mass is 416 g/mol. The number of nitrogens with one attached hydrogen (secondary N) is 1. The molecule has 0 aliphatic heterocycles. The van der Waals surface area contributed by atoms with Crippen LogP contribution in [0.2, 0.25) is 0 Å². The molecule has 10 heteroatoms. The highest BCUT2D eigenvalue weighted by atomic mass is 79.9. The fourth-order valence-electron chi connectivity index (χ4n) is 1.99. The van der Waals surface area contributed by atoms with E-state index in [1.165, 1.54) is 23.5 Å². The SMILES string of the molecule is O=C(CCn1cc(Br)cn1)Nc1nc2ccc(OC(F)F)cc2s1. The van der Waals surface area contributed by atoms with Crippen molar-refractivity contribution in [2.45, 2.75) is 19.6 Å². The number of aromatic nitrogens is 3. The van der Waals surface area contributed by atoms with E-state index in [4.69, 9.17) is 0 Å². The van der Waals surface area contributed by atoms with Gasteiger partial charge >= 0.3 is 6.61 Å². The van der Waals surface area contributed by atoms with E-state index in [-0.39, 0.29) is 18.1 Å². The first-order chi connectivity index (χ1) is 11.5. The number of hydrogen-bond acceptors (Lipinski definition) is 5. The summed E-state index contributed by atoms with van der Waals surface area (Å²) in [5.41, 5.74) is 0.605. The van der Waals surface area contributed by atoms with Gasteiger partial charge in [0.25, 0.3) is 0 Å². The predicted molar refractivity (Wildman–Crippen MR) is 89.4 cm³/mol. The van der Waals surface area contributed by atoms with E-state index in [0.717, 1.165) is 4.47 Å². The van der Waals surface area contributed by atoms with Gasteiger partial charge in [0.1, 0.15) is 5.75 Å². The van der Waals surface area contributed by atoms with Gasteiger partial charge in [-0.1, -0.05) is 11.3 Å². The van der Waals surface area contributed by atoms with Crippen molar-refractivity contribution in [1.29, 1.82) is 0 Å². The molecule has 0 saturated carbocycles. The number of ether oxygens (including phenoxy) is 1. The minimum absolute atomic E-state index is 0.0586. The molecule has 0 radical (unpaired) electrons. The van der Waals surface area contributed by atoms with Crippen molar-refractivity contribution >= 4 is 48.5 Å². The summed E-state index contributed by atoms with van der Waals surface area (Å²) in [5, 5.41) is 7.17. The van der Waals surface area contributed by atoms with Crippen molar-refractivity contribution < 1.29 is 18.3 Å². The minimum atomic E-state index is -2.88. The van der Waals surface area contributed by atoms with Gasteiger partial charge in [0.2, 0.25) is 5.91 Å². The van der Waals surface area contributed by atoms with Crippen molar-refractivity contribution in [3.63, 3.8) is 0 Å². The number of aryl methyl sites for hydroxylation is 1. The number of rotatable bonds is 6. The van der Waals surface area contributed by atoms with Gasteiger partial charge in [-0.25, -0.2) is 4.98 Å². The lowest BCUT2D eigenvalue weighted by atomic mass is 10.3. The Kier molecular flexibility index (Phi) is 5.05. The van der Waals surface area contributed by atoms with Crippen LogP contribution < -0.4 is 10.1 Å². The summed E-state index contributed by atoms with van der Waals surface area (Å²) in [6, 6.07) is 4.45. The fraction of sp³-hybridized carbons (Fsp3) is 0.214. The summed E-state index contributed by atoms with van der Waals surface area (Å²) < 4.78 is 31.9. The molecule has 126 valence electrons. The molecule has 0 saturated heterocycles. The van der Waals surface area contributed by atoms with Gasteiger partial charge in [0.15, 0.2) is 5.13 Å². The second kappa shape index (κ2) is 7.22. The maximum Gasteiger partial charge on any atom is 0.387 e. The van der Waals surface area contributed by atoms with Gasteiger partial charge in [0.05, 0.1) is 20.9 Å². The summed E-state index contributed by atoms with van der Waals surface area (Å²) in [6.45, 7) is -2.44. The lowest BCUT2D eigenvalue weighted by Gasteiger charge is -2.02. The van der Waals surface area contributed by atoms with Crippen molar-refractivity contribution in [1.82, 2.24) is 14.8 Å². The third-order valence-electron chi connectivity index (χ3n) is 3.00. The summed E-state index contributed by atoms with van der Waals surface area (Å²) in [7, 11) is 0. The number of anilines is 1. The van der Waals surface area contributed by atoms with Crippen LogP contribution >= 0.6 is 27.3 Å². The van der Waals surface area contributed by atoms with E-state index in [9.17, 15) is 13.6 Å². The molecule has 0 aliphatic rings. The molecule has 0 aliphatic carbocycles. The van der Waals surface area contributed by atoms with Crippen LogP contribution in [0.1, 0.15) is 6.42 Å². The summed E-state index contributed by atoms with van der Waals surface area (Å²) in [4.78, 5) is 16.2. The van der Waals surface area contributed by atoms with Gasteiger partial charge in [-0.15, -0.1) is 0 Å². The van der Waals surface area contributed by atoms with E-state index >= 15 is 0 Å². The highest BCUT2D eigenvalue weighted by Crippen LogP contribution is 2.29. The number of fused-ring (bicyclic) bond motifs is 1. The van der Waals surface area contributed by atoms with Crippen LogP contribution in [0.25, 0.3) is 10.2 Å². The number of nitrogens with zero attached hydrogens (tertiary/aromatic N) is 3. The number of thiazole rings is 1. The first-order valence-electron chi connectivity index (χ1n) is 6.83. The number of hydrogen-bond donors (Lipinski definition) is 1. The Hall–Kier alpha value is -2.07. The Balaban J connectivity index is 1.62. The van der Waals surface area contributed by atoms with Crippen LogP contribution in [-0.4, -0.2) is 27.3 Å². The van der Waals surface area contributed by atoms with Crippen molar-refractivity contribution in [3.05, 3.63) is 35.1 Å². The molecule has 0 bridgehead atoms. The predicted octanol–water partition coefficient (Wildman–Crippen LogP) is 3.89. The standard InChI is InChI=1S/C14H11BrF2N4O2S/c15-8-6-18-21(7-8)4-3-12(22)20-14-19-10-2-1-9(23-13(16)17)5-11(10)24-14/h1-2,5-7,13H,3-4H2,(H,19,20,22). The molecule has 6 nitrogen and oxygen atoms in total. The average molecular weight is 417 g/mol. The molecule has 2 heterocycles. The maximum atomic E-state index is 12.2. The molecule has 0 unspecified atom stereocenters. The summed E-state index contributed by atoms with van der Waals surface area (Å²) in [5.74, 6) is -0.145. The molecule has 0 fully saturated rings. The first kappa shape index (κ1) is 16.8. The van der Waals surface area contributed by atoms with Crippen LogP contribution in [0.3, 0.4) is 0 Å².